The Morgan fingerprint density at radius 2 is 1.52 bits per heavy atom. The fourth-order valence-corrected chi connectivity index (χ4v) is 3.78. The summed E-state index contributed by atoms with van der Waals surface area (Å²) in [5, 5.41) is 1.33. The maximum absolute atomic E-state index is 13.5. The minimum Gasteiger partial charge on any atom is -0.493 e. The van der Waals surface area contributed by atoms with Crippen molar-refractivity contribution in [1.29, 1.82) is 0 Å². The Morgan fingerprint density at radius 3 is 2.16 bits per heavy atom. The molecule has 31 heavy (non-hydrogen) atoms. The lowest BCUT2D eigenvalue weighted by Crippen LogP contribution is -2.39. The Kier molecular flexibility index (Phi) is 5.76. The van der Waals surface area contributed by atoms with E-state index in [0.717, 1.165) is 10.1 Å². The van der Waals surface area contributed by atoms with E-state index in [1.54, 1.807) is 42.5 Å². The van der Waals surface area contributed by atoms with Gasteiger partial charge in [-0.05, 0) is 42.0 Å². The molecule has 0 radical (unpaired) electrons. The van der Waals surface area contributed by atoms with Crippen LogP contribution in [0.4, 0.5) is 0 Å². The van der Waals surface area contributed by atoms with Gasteiger partial charge in [0, 0.05) is 16.1 Å². The number of hydrogen-bond acceptors (Lipinski definition) is 4. The van der Waals surface area contributed by atoms with Crippen molar-refractivity contribution in [2.75, 3.05) is 14.2 Å². The van der Waals surface area contributed by atoms with E-state index < -0.39 is 11.2 Å². The predicted octanol–water partition coefficient (Wildman–Crippen LogP) is 4.52. The molecule has 0 bridgehead atoms. The van der Waals surface area contributed by atoms with E-state index in [1.165, 1.54) is 18.8 Å². The zero-order valence-corrected chi connectivity index (χ0v) is 18.3. The van der Waals surface area contributed by atoms with Gasteiger partial charge in [-0.1, -0.05) is 41.4 Å². The van der Waals surface area contributed by atoms with E-state index in [9.17, 15) is 9.59 Å². The standard InChI is InChI=1S/C23H18Cl2N2O4/c1-30-20-11-17-19(12-21(20)31-2)26(13-14-5-3-4-6-18(14)25)23(29)27(22(17)28)16-9-7-15(24)8-10-16/h3-12H,13H2,1-2H3. The number of hydrogen-bond donors (Lipinski definition) is 0. The summed E-state index contributed by atoms with van der Waals surface area (Å²) in [6.45, 7) is 0.165. The molecule has 0 unspecified atom stereocenters. The highest BCUT2D eigenvalue weighted by Gasteiger charge is 2.19. The molecule has 4 aromatic rings. The van der Waals surface area contributed by atoms with Gasteiger partial charge in [-0.25, -0.2) is 9.36 Å². The fraction of sp³-hybridized carbons (Fsp3) is 0.130. The van der Waals surface area contributed by atoms with Crippen molar-refractivity contribution in [2.24, 2.45) is 0 Å². The first-order chi connectivity index (χ1) is 14.9. The highest BCUT2D eigenvalue weighted by Crippen LogP contribution is 2.31. The predicted molar refractivity (Wildman–Crippen MR) is 122 cm³/mol. The van der Waals surface area contributed by atoms with Crippen LogP contribution in [0.15, 0.2) is 70.3 Å². The number of ether oxygens (including phenoxy) is 2. The Balaban J connectivity index is 2.10. The molecule has 0 spiro atoms. The van der Waals surface area contributed by atoms with Gasteiger partial charge in [0.25, 0.3) is 5.56 Å². The van der Waals surface area contributed by atoms with Crippen molar-refractivity contribution in [3.8, 4) is 17.2 Å². The average molecular weight is 457 g/mol. The zero-order valence-electron chi connectivity index (χ0n) is 16.8. The molecule has 0 N–H and O–H groups in total. The van der Waals surface area contributed by atoms with Crippen LogP contribution in [0.5, 0.6) is 11.5 Å². The summed E-state index contributed by atoms with van der Waals surface area (Å²) in [5.41, 5.74) is 0.580. The van der Waals surface area contributed by atoms with Crippen LogP contribution in [-0.2, 0) is 6.54 Å². The average Bonchev–Trinajstić information content (AvgIpc) is 2.78. The number of aromatic nitrogens is 2. The maximum atomic E-state index is 13.5. The molecule has 0 aliphatic carbocycles. The highest BCUT2D eigenvalue weighted by atomic mass is 35.5. The van der Waals surface area contributed by atoms with Crippen molar-refractivity contribution >= 4 is 34.1 Å². The summed E-state index contributed by atoms with van der Waals surface area (Å²) in [5.74, 6) is 0.795. The second-order valence-corrected chi connectivity index (χ2v) is 7.65. The second kappa shape index (κ2) is 8.49. The quantitative estimate of drug-likeness (QED) is 0.442. The molecular weight excluding hydrogens is 439 g/mol. The Morgan fingerprint density at radius 1 is 0.871 bits per heavy atom. The molecule has 158 valence electrons. The monoisotopic (exact) mass is 456 g/mol. The van der Waals surface area contributed by atoms with E-state index in [-0.39, 0.29) is 6.54 Å². The third kappa shape index (κ3) is 3.80. The van der Waals surface area contributed by atoms with Crippen LogP contribution in [-0.4, -0.2) is 23.4 Å². The molecule has 0 fully saturated rings. The van der Waals surface area contributed by atoms with Gasteiger partial charge in [0.15, 0.2) is 11.5 Å². The second-order valence-electron chi connectivity index (χ2n) is 6.80. The molecule has 3 aromatic carbocycles. The molecular formula is C23H18Cl2N2O4. The highest BCUT2D eigenvalue weighted by molar-refractivity contribution is 6.31. The van der Waals surface area contributed by atoms with Gasteiger partial charge in [-0.15, -0.1) is 0 Å². The molecule has 0 atom stereocenters. The lowest BCUT2D eigenvalue weighted by molar-refractivity contribution is 0.355. The summed E-state index contributed by atoms with van der Waals surface area (Å²) in [6, 6.07) is 16.9. The first kappa shape index (κ1) is 21.0. The van der Waals surface area contributed by atoms with Crippen LogP contribution in [0, 0.1) is 0 Å². The van der Waals surface area contributed by atoms with E-state index in [0.29, 0.717) is 38.1 Å². The Hall–Kier alpha value is -3.22. The van der Waals surface area contributed by atoms with Gasteiger partial charge in [-0.3, -0.25) is 9.36 Å². The van der Waals surface area contributed by atoms with E-state index in [2.05, 4.69) is 0 Å². The largest absolute Gasteiger partial charge is 0.493 e. The zero-order chi connectivity index (χ0) is 22.1. The lowest BCUT2D eigenvalue weighted by atomic mass is 10.1. The molecule has 0 aliphatic heterocycles. The molecule has 0 aliphatic rings. The van der Waals surface area contributed by atoms with E-state index in [1.807, 2.05) is 18.2 Å². The van der Waals surface area contributed by atoms with Crippen molar-refractivity contribution in [2.45, 2.75) is 6.54 Å². The number of rotatable bonds is 5. The van der Waals surface area contributed by atoms with Crippen LogP contribution in [0.1, 0.15) is 5.56 Å². The van der Waals surface area contributed by atoms with Gasteiger partial charge in [0.1, 0.15) is 0 Å². The minimum atomic E-state index is -0.507. The summed E-state index contributed by atoms with van der Waals surface area (Å²) in [7, 11) is 2.98. The number of halogens is 2. The third-order valence-corrected chi connectivity index (χ3v) is 5.64. The summed E-state index contributed by atoms with van der Waals surface area (Å²) >= 11 is 12.3. The third-order valence-electron chi connectivity index (χ3n) is 5.02. The normalized spacial score (nSPS) is 11.0. The van der Waals surface area contributed by atoms with Crippen molar-refractivity contribution < 1.29 is 9.47 Å². The number of methoxy groups -OCH3 is 2. The molecule has 4 rings (SSSR count). The molecule has 6 nitrogen and oxygen atoms in total. The van der Waals surface area contributed by atoms with Crippen molar-refractivity contribution in [3.63, 3.8) is 0 Å². The van der Waals surface area contributed by atoms with Crippen LogP contribution >= 0.6 is 23.2 Å². The maximum Gasteiger partial charge on any atom is 0.336 e. The number of nitrogens with zero attached hydrogens (tertiary/aromatic N) is 2. The summed E-state index contributed by atoms with van der Waals surface area (Å²) in [6.07, 6.45) is 0. The van der Waals surface area contributed by atoms with Gasteiger partial charge >= 0.3 is 5.69 Å². The van der Waals surface area contributed by atoms with Gasteiger partial charge in [0.2, 0.25) is 0 Å². The summed E-state index contributed by atoms with van der Waals surface area (Å²) < 4.78 is 13.4. The molecule has 0 amide bonds. The fourth-order valence-electron chi connectivity index (χ4n) is 3.46. The van der Waals surface area contributed by atoms with E-state index in [4.69, 9.17) is 32.7 Å². The van der Waals surface area contributed by atoms with Crippen LogP contribution in [0.3, 0.4) is 0 Å². The van der Waals surface area contributed by atoms with Crippen LogP contribution < -0.4 is 20.7 Å². The first-order valence-electron chi connectivity index (χ1n) is 9.35. The molecule has 0 saturated carbocycles. The topological polar surface area (TPSA) is 62.5 Å². The van der Waals surface area contributed by atoms with Crippen molar-refractivity contribution in [3.05, 3.63) is 97.1 Å². The molecule has 1 aromatic heterocycles. The number of fused-ring (bicyclic) bond motifs is 1. The molecule has 0 saturated heterocycles. The lowest BCUT2D eigenvalue weighted by Gasteiger charge is -2.17. The smallest absolute Gasteiger partial charge is 0.336 e. The Labute approximate surface area is 187 Å². The van der Waals surface area contributed by atoms with Gasteiger partial charge < -0.3 is 9.47 Å². The number of benzene rings is 3. The Bertz CT molecular complexity index is 1390. The summed E-state index contributed by atoms with van der Waals surface area (Å²) in [4.78, 5) is 26.9. The van der Waals surface area contributed by atoms with Gasteiger partial charge in [0.05, 0.1) is 37.4 Å². The minimum absolute atomic E-state index is 0.165. The molecule has 1 heterocycles. The van der Waals surface area contributed by atoms with Gasteiger partial charge in [-0.2, -0.15) is 0 Å². The molecule has 8 heteroatoms. The SMILES string of the molecule is COc1cc2c(=O)n(-c3ccc(Cl)cc3)c(=O)n(Cc3ccccc3Cl)c2cc1OC. The van der Waals surface area contributed by atoms with E-state index >= 15 is 0 Å². The van der Waals surface area contributed by atoms with Crippen molar-refractivity contribution in [1.82, 2.24) is 9.13 Å². The van der Waals surface area contributed by atoms with Crippen LogP contribution in [0.2, 0.25) is 10.0 Å². The first-order valence-corrected chi connectivity index (χ1v) is 10.1. The van der Waals surface area contributed by atoms with Crippen LogP contribution in [0.25, 0.3) is 16.6 Å².